The van der Waals surface area contributed by atoms with Gasteiger partial charge in [0.15, 0.2) is 17.4 Å². The summed E-state index contributed by atoms with van der Waals surface area (Å²) in [7, 11) is -2.69. The van der Waals surface area contributed by atoms with Gasteiger partial charge in [-0.2, -0.15) is 4.91 Å². The Balaban J connectivity index is 3.89. The quantitative estimate of drug-likeness (QED) is 0.374. The third-order valence-electron chi connectivity index (χ3n) is 2.30. The van der Waals surface area contributed by atoms with E-state index in [1.807, 2.05) is 0 Å². The highest BCUT2D eigenvalue weighted by molar-refractivity contribution is 6.78. The molecule has 0 spiro atoms. The molecule has 0 saturated heterocycles. The average molecular weight is 245 g/mol. The van der Waals surface area contributed by atoms with Gasteiger partial charge < -0.3 is 4.12 Å². The van der Waals surface area contributed by atoms with E-state index in [1.165, 1.54) is 5.57 Å². The lowest BCUT2D eigenvalue weighted by molar-refractivity contribution is 0.560. The van der Waals surface area contributed by atoms with Gasteiger partial charge in [-0.15, -0.1) is 6.58 Å². The van der Waals surface area contributed by atoms with Crippen molar-refractivity contribution in [1.29, 1.82) is 0 Å². The minimum Gasteiger partial charge on any atom is -0.458 e. The fraction of sp³-hybridized carbons (Fsp3) is 0.800. The Hall–Kier alpha value is -0.266. The molecule has 3 nitrogen and oxygen atoms in total. The van der Waals surface area contributed by atoms with Crippen LogP contribution in [0.5, 0.6) is 0 Å². The number of hydrogen-bond acceptors (Lipinski definition) is 3. The Kier molecular flexibility index (Phi) is 6.96. The Morgan fingerprint density at radius 2 is 2.13 bits per heavy atom. The number of allylic oxidation sites excluding steroid dienone is 1. The van der Waals surface area contributed by atoms with E-state index < -0.39 is 17.4 Å². The highest BCUT2D eigenvalue weighted by Gasteiger charge is 2.24. The highest BCUT2D eigenvalue weighted by Crippen LogP contribution is 2.18. The smallest absolute Gasteiger partial charge is 0.173 e. The van der Waals surface area contributed by atoms with Crippen LogP contribution in [0.2, 0.25) is 31.7 Å². The van der Waals surface area contributed by atoms with Gasteiger partial charge in [-0.1, -0.05) is 10.7 Å². The van der Waals surface area contributed by atoms with Crippen LogP contribution in [-0.4, -0.2) is 23.9 Å². The van der Waals surface area contributed by atoms with Crippen molar-refractivity contribution in [3.63, 3.8) is 0 Å². The second kappa shape index (κ2) is 7.08. The summed E-state index contributed by atoms with van der Waals surface area (Å²) >= 11 is 0. The topological polar surface area (TPSA) is 38.7 Å². The van der Waals surface area contributed by atoms with Crippen molar-refractivity contribution in [3.05, 3.63) is 17.1 Å². The zero-order valence-corrected chi connectivity index (χ0v) is 12.5. The highest BCUT2D eigenvalue weighted by atomic mass is 28.4. The van der Waals surface area contributed by atoms with Gasteiger partial charge in [0.1, 0.15) is 0 Å². The molecule has 1 atom stereocenters. The molecule has 0 aromatic heterocycles. The maximum absolute atomic E-state index is 10.0. The predicted molar refractivity (Wildman–Crippen MR) is 71.3 cm³/mol. The summed E-state index contributed by atoms with van der Waals surface area (Å²) in [5.41, 5.74) is 1.23. The van der Waals surface area contributed by atoms with E-state index >= 15 is 0 Å². The van der Waals surface area contributed by atoms with Crippen molar-refractivity contribution in [2.24, 2.45) is 5.18 Å². The van der Waals surface area contributed by atoms with Crippen LogP contribution in [0.15, 0.2) is 17.3 Å². The summed E-state index contributed by atoms with van der Waals surface area (Å²) in [6, 6.07) is 2.00. The first-order valence-corrected chi connectivity index (χ1v) is 11.0. The maximum atomic E-state index is 10.0. The van der Waals surface area contributed by atoms with E-state index in [9.17, 15) is 4.91 Å². The summed E-state index contributed by atoms with van der Waals surface area (Å²) in [6.45, 7) is 13.0. The molecule has 0 aliphatic heterocycles. The van der Waals surface area contributed by atoms with Gasteiger partial charge in [-0.05, 0) is 45.1 Å². The standard InChI is InChI=1S/C10H23NO2Si2/c1-10(2)6-9-15(4,5)13-14(3)8-7-11-12/h14H,1,6-9H2,2-5H3. The number of nitrogens with zero attached hydrogens (tertiary/aromatic N) is 1. The normalized spacial score (nSPS) is 13.6. The lowest BCUT2D eigenvalue weighted by Crippen LogP contribution is -2.36. The molecule has 0 saturated carbocycles. The molecule has 0 fully saturated rings. The largest absolute Gasteiger partial charge is 0.458 e. The van der Waals surface area contributed by atoms with Crippen LogP contribution in [0.25, 0.3) is 0 Å². The molecule has 0 aliphatic rings. The minimum absolute atomic E-state index is 0.415. The maximum Gasteiger partial charge on any atom is 0.173 e. The molecule has 0 aliphatic carbocycles. The van der Waals surface area contributed by atoms with Crippen molar-refractivity contribution in [1.82, 2.24) is 0 Å². The van der Waals surface area contributed by atoms with Crippen LogP contribution in [0, 0.1) is 4.91 Å². The van der Waals surface area contributed by atoms with Crippen molar-refractivity contribution >= 4 is 17.4 Å². The van der Waals surface area contributed by atoms with Crippen LogP contribution >= 0.6 is 0 Å². The van der Waals surface area contributed by atoms with Crippen LogP contribution in [0.4, 0.5) is 0 Å². The number of nitroso groups, excluding NO2 is 1. The molecule has 5 heteroatoms. The van der Waals surface area contributed by atoms with Crippen LogP contribution in [-0.2, 0) is 4.12 Å². The van der Waals surface area contributed by atoms with E-state index in [4.69, 9.17) is 4.12 Å². The lowest BCUT2D eigenvalue weighted by atomic mass is 10.3. The molecular weight excluding hydrogens is 222 g/mol. The van der Waals surface area contributed by atoms with E-state index in [0.29, 0.717) is 6.54 Å². The van der Waals surface area contributed by atoms with E-state index in [0.717, 1.165) is 18.5 Å². The Labute approximate surface area is 95.7 Å². The number of hydrogen-bond donors (Lipinski definition) is 0. The van der Waals surface area contributed by atoms with Crippen LogP contribution in [0.3, 0.4) is 0 Å². The van der Waals surface area contributed by atoms with Gasteiger partial charge in [0.05, 0.1) is 6.54 Å². The molecule has 0 amide bonds. The first-order valence-electron chi connectivity index (χ1n) is 5.48. The molecule has 88 valence electrons. The summed E-state index contributed by atoms with van der Waals surface area (Å²) in [4.78, 5) is 10.0. The molecule has 15 heavy (non-hydrogen) atoms. The summed E-state index contributed by atoms with van der Waals surface area (Å²) < 4.78 is 6.13. The van der Waals surface area contributed by atoms with Crippen molar-refractivity contribution in [3.8, 4) is 0 Å². The van der Waals surface area contributed by atoms with Crippen molar-refractivity contribution in [2.45, 2.75) is 45.1 Å². The van der Waals surface area contributed by atoms with E-state index in [2.05, 4.69) is 38.3 Å². The Bertz CT molecular complexity index is 219. The molecule has 0 N–H and O–H groups in total. The van der Waals surface area contributed by atoms with E-state index in [1.54, 1.807) is 0 Å². The van der Waals surface area contributed by atoms with Crippen molar-refractivity contribution < 1.29 is 4.12 Å². The molecule has 0 rings (SSSR count). The zero-order valence-electron chi connectivity index (χ0n) is 10.4. The Morgan fingerprint density at radius 1 is 1.53 bits per heavy atom. The molecule has 1 unspecified atom stereocenters. The second-order valence-electron chi connectivity index (χ2n) is 4.79. The first-order chi connectivity index (χ1) is 6.87. The predicted octanol–water partition coefficient (Wildman–Crippen LogP) is 3.29. The average Bonchev–Trinajstić information content (AvgIpc) is 2.11. The van der Waals surface area contributed by atoms with Crippen molar-refractivity contribution in [2.75, 3.05) is 6.54 Å². The van der Waals surface area contributed by atoms with Gasteiger partial charge >= 0.3 is 0 Å². The zero-order chi connectivity index (χ0) is 11.9. The molecule has 0 heterocycles. The molecule has 0 bridgehead atoms. The van der Waals surface area contributed by atoms with Crippen LogP contribution in [0.1, 0.15) is 13.3 Å². The summed E-state index contributed by atoms with van der Waals surface area (Å²) in [5, 5.41) is 2.89. The second-order valence-corrected chi connectivity index (χ2v) is 11.9. The molecule has 0 radical (unpaired) electrons. The van der Waals surface area contributed by atoms with Gasteiger partial charge in [0.25, 0.3) is 0 Å². The van der Waals surface area contributed by atoms with E-state index in [-0.39, 0.29) is 0 Å². The van der Waals surface area contributed by atoms with Gasteiger partial charge in [0, 0.05) is 0 Å². The lowest BCUT2D eigenvalue weighted by Gasteiger charge is -2.27. The molecule has 0 aromatic carbocycles. The fourth-order valence-electron chi connectivity index (χ4n) is 1.41. The SMILES string of the molecule is C=C(C)CC[Si](C)(C)O[SiH](C)CCN=O. The first kappa shape index (κ1) is 14.7. The minimum atomic E-state index is -1.52. The third kappa shape index (κ3) is 8.71. The fourth-order valence-corrected chi connectivity index (χ4v) is 8.21. The van der Waals surface area contributed by atoms with Gasteiger partial charge in [-0.25, -0.2) is 0 Å². The van der Waals surface area contributed by atoms with Gasteiger partial charge in [-0.3, -0.25) is 0 Å². The third-order valence-corrected chi connectivity index (χ3v) is 8.99. The van der Waals surface area contributed by atoms with Gasteiger partial charge in [0.2, 0.25) is 0 Å². The number of rotatable bonds is 8. The monoisotopic (exact) mass is 245 g/mol. The molecular formula is C10H23NO2Si2. The summed E-state index contributed by atoms with van der Waals surface area (Å²) in [6.07, 6.45) is 1.06. The van der Waals surface area contributed by atoms with Crippen LogP contribution < -0.4 is 0 Å². The summed E-state index contributed by atoms with van der Waals surface area (Å²) in [5.74, 6) is 0. The molecule has 0 aromatic rings. The Morgan fingerprint density at radius 3 is 2.60 bits per heavy atom.